The van der Waals surface area contributed by atoms with Crippen molar-refractivity contribution in [3.05, 3.63) is 102 Å². The number of ether oxygens (including phenoxy) is 1. The van der Waals surface area contributed by atoms with Crippen molar-refractivity contribution < 1.29 is 24.2 Å². The van der Waals surface area contributed by atoms with Gasteiger partial charge in [0.25, 0.3) is 5.91 Å². The van der Waals surface area contributed by atoms with Crippen LogP contribution in [0.5, 0.6) is 5.75 Å². The Labute approximate surface area is 186 Å². The third-order valence-electron chi connectivity index (χ3n) is 4.67. The molecule has 0 unspecified atom stereocenters. The zero-order valence-corrected chi connectivity index (χ0v) is 17.4. The number of rotatable bonds is 10. The highest BCUT2D eigenvalue weighted by atomic mass is 16.5. The molecule has 1 atom stereocenters. The second kappa shape index (κ2) is 11.3. The molecule has 3 aromatic rings. The largest absolute Gasteiger partial charge is 0.489 e. The maximum Gasteiger partial charge on any atom is 0.326 e. The van der Waals surface area contributed by atoms with E-state index in [9.17, 15) is 19.5 Å². The molecule has 0 spiro atoms. The van der Waals surface area contributed by atoms with Gasteiger partial charge in [-0.2, -0.15) is 0 Å². The Morgan fingerprint density at radius 2 is 1.50 bits per heavy atom. The molecule has 7 heteroatoms. The van der Waals surface area contributed by atoms with Gasteiger partial charge in [-0.05, 0) is 35.4 Å². The first-order chi connectivity index (χ1) is 15.5. The molecule has 0 heterocycles. The quantitative estimate of drug-likeness (QED) is 0.457. The Kier molecular flexibility index (Phi) is 7.97. The van der Waals surface area contributed by atoms with E-state index in [2.05, 4.69) is 10.6 Å². The van der Waals surface area contributed by atoms with Crippen LogP contribution in [0.3, 0.4) is 0 Å². The van der Waals surface area contributed by atoms with Crippen LogP contribution >= 0.6 is 0 Å². The highest BCUT2D eigenvalue weighted by Crippen LogP contribution is 2.16. The van der Waals surface area contributed by atoms with Gasteiger partial charge in [-0.25, -0.2) is 4.79 Å². The molecule has 3 aromatic carbocycles. The molecule has 0 radical (unpaired) electrons. The van der Waals surface area contributed by atoms with Crippen molar-refractivity contribution in [2.45, 2.75) is 19.1 Å². The van der Waals surface area contributed by atoms with Gasteiger partial charge >= 0.3 is 5.97 Å². The van der Waals surface area contributed by atoms with E-state index in [1.165, 1.54) is 0 Å². The molecule has 32 heavy (non-hydrogen) atoms. The molecule has 2 amide bonds. The van der Waals surface area contributed by atoms with Crippen LogP contribution in [0.15, 0.2) is 84.9 Å². The predicted molar refractivity (Wildman–Crippen MR) is 119 cm³/mol. The Morgan fingerprint density at radius 1 is 0.844 bits per heavy atom. The minimum atomic E-state index is -1.16. The molecule has 0 fully saturated rings. The number of carbonyl (C=O) groups excluding carboxylic acids is 2. The van der Waals surface area contributed by atoms with Crippen molar-refractivity contribution in [3.63, 3.8) is 0 Å². The number of carbonyl (C=O) groups is 3. The molecule has 0 aliphatic carbocycles. The summed E-state index contributed by atoms with van der Waals surface area (Å²) in [6.45, 7) is 0.0717. The lowest BCUT2D eigenvalue weighted by Crippen LogP contribution is -2.46. The Hall–Kier alpha value is -4.13. The van der Waals surface area contributed by atoms with Gasteiger partial charge in [-0.1, -0.05) is 60.7 Å². The molecule has 164 valence electrons. The standard InChI is InChI=1S/C25H24N2O5/c28-23(16-26-24(29)20-11-5-2-6-12-20)27-22(25(30)31)15-19-10-7-13-21(14-19)32-17-18-8-3-1-4-9-18/h1-14,22H,15-17H2,(H,26,29)(H,27,28)(H,30,31)/t22-/m0/s1. The maximum atomic E-state index is 12.2. The van der Waals surface area contributed by atoms with Crippen molar-refractivity contribution in [2.75, 3.05) is 6.54 Å². The van der Waals surface area contributed by atoms with Crippen molar-refractivity contribution in [1.82, 2.24) is 10.6 Å². The molecule has 7 nitrogen and oxygen atoms in total. The van der Waals surface area contributed by atoms with E-state index in [4.69, 9.17) is 4.74 Å². The number of nitrogens with one attached hydrogen (secondary N) is 2. The minimum Gasteiger partial charge on any atom is -0.489 e. The first-order valence-electron chi connectivity index (χ1n) is 10.1. The number of carboxylic acid groups (broad SMARTS) is 1. The topological polar surface area (TPSA) is 105 Å². The van der Waals surface area contributed by atoms with Crippen molar-refractivity contribution in [2.24, 2.45) is 0 Å². The van der Waals surface area contributed by atoms with Crippen LogP contribution in [0.25, 0.3) is 0 Å². The third-order valence-corrected chi connectivity index (χ3v) is 4.67. The summed E-state index contributed by atoms with van der Waals surface area (Å²) >= 11 is 0. The van der Waals surface area contributed by atoms with Crippen LogP contribution in [0.1, 0.15) is 21.5 Å². The lowest BCUT2D eigenvalue weighted by molar-refractivity contribution is -0.141. The lowest BCUT2D eigenvalue weighted by Gasteiger charge is -2.16. The molecule has 0 saturated heterocycles. The average Bonchev–Trinajstić information content (AvgIpc) is 2.82. The molecule has 0 aliphatic heterocycles. The van der Waals surface area contributed by atoms with Crippen LogP contribution in [0, 0.1) is 0 Å². The summed E-state index contributed by atoms with van der Waals surface area (Å²) in [5.74, 6) is -1.55. The average molecular weight is 432 g/mol. The lowest BCUT2D eigenvalue weighted by atomic mass is 10.1. The van der Waals surface area contributed by atoms with Gasteiger partial charge in [0.1, 0.15) is 18.4 Å². The number of amides is 2. The summed E-state index contributed by atoms with van der Waals surface area (Å²) < 4.78 is 5.78. The van der Waals surface area contributed by atoms with Crippen LogP contribution < -0.4 is 15.4 Å². The summed E-state index contributed by atoms with van der Waals surface area (Å²) in [6, 6.07) is 24.1. The molecule has 3 rings (SSSR count). The van der Waals surface area contributed by atoms with Gasteiger partial charge in [0, 0.05) is 12.0 Å². The molecule has 3 N–H and O–H groups in total. The summed E-state index contributed by atoms with van der Waals surface area (Å²) in [6.07, 6.45) is 0.0796. The van der Waals surface area contributed by atoms with E-state index in [0.29, 0.717) is 23.5 Å². The van der Waals surface area contributed by atoms with Crippen LogP contribution in [-0.2, 0) is 22.6 Å². The summed E-state index contributed by atoms with van der Waals surface area (Å²) in [4.78, 5) is 35.9. The second-order valence-electron chi connectivity index (χ2n) is 7.13. The van der Waals surface area contributed by atoms with E-state index in [1.807, 2.05) is 30.3 Å². The fourth-order valence-corrected chi connectivity index (χ4v) is 3.04. The summed E-state index contributed by atoms with van der Waals surface area (Å²) in [5, 5.41) is 14.5. The van der Waals surface area contributed by atoms with Gasteiger partial charge in [0.2, 0.25) is 5.91 Å². The minimum absolute atomic E-state index is 0.0796. The number of hydrogen-bond acceptors (Lipinski definition) is 4. The van der Waals surface area contributed by atoms with E-state index in [0.717, 1.165) is 5.56 Å². The van der Waals surface area contributed by atoms with Crippen molar-refractivity contribution >= 4 is 17.8 Å². The zero-order chi connectivity index (χ0) is 22.8. The summed E-state index contributed by atoms with van der Waals surface area (Å²) in [7, 11) is 0. The van der Waals surface area contributed by atoms with Gasteiger partial charge < -0.3 is 20.5 Å². The van der Waals surface area contributed by atoms with Crippen molar-refractivity contribution in [1.29, 1.82) is 0 Å². The summed E-state index contributed by atoms with van der Waals surface area (Å²) in [5.41, 5.74) is 2.14. The Balaban J connectivity index is 1.53. The van der Waals surface area contributed by atoms with Crippen LogP contribution in [0.2, 0.25) is 0 Å². The first kappa shape index (κ1) is 22.6. The van der Waals surface area contributed by atoms with Crippen LogP contribution in [0.4, 0.5) is 0 Å². The maximum absolute atomic E-state index is 12.2. The number of aliphatic carboxylic acids is 1. The SMILES string of the molecule is O=C(CNC(=O)c1ccccc1)N[C@@H](Cc1cccc(OCc2ccccc2)c1)C(=O)O. The number of carboxylic acids is 1. The predicted octanol–water partition coefficient (Wildman–Crippen LogP) is 2.81. The van der Waals surface area contributed by atoms with E-state index in [1.54, 1.807) is 54.6 Å². The second-order valence-corrected chi connectivity index (χ2v) is 7.13. The third kappa shape index (κ3) is 6.98. The molecule has 0 aromatic heterocycles. The smallest absolute Gasteiger partial charge is 0.326 e. The van der Waals surface area contributed by atoms with Gasteiger partial charge in [-0.3, -0.25) is 9.59 Å². The van der Waals surface area contributed by atoms with Crippen LogP contribution in [-0.4, -0.2) is 35.5 Å². The van der Waals surface area contributed by atoms with Gasteiger partial charge in [-0.15, -0.1) is 0 Å². The van der Waals surface area contributed by atoms with Crippen molar-refractivity contribution in [3.8, 4) is 5.75 Å². The highest BCUT2D eigenvalue weighted by molar-refractivity contribution is 5.96. The molecular formula is C25H24N2O5. The Morgan fingerprint density at radius 3 is 2.19 bits per heavy atom. The molecule has 0 aliphatic rings. The molecule has 0 saturated carbocycles. The highest BCUT2D eigenvalue weighted by Gasteiger charge is 2.21. The molecule has 0 bridgehead atoms. The van der Waals surface area contributed by atoms with Gasteiger partial charge in [0.05, 0.1) is 6.54 Å². The van der Waals surface area contributed by atoms with Gasteiger partial charge in [0.15, 0.2) is 0 Å². The number of benzene rings is 3. The fraction of sp³-hybridized carbons (Fsp3) is 0.160. The van der Waals surface area contributed by atoms with E-state index in [-0.39, 0.29) is 13.0 Å². The Bertz CT molecular complexity index is 1050. The zero-order valence-electron chi connectivity index (χ0n) is 17.4. The molecular weight excluding hydrogens is 408 g/mol. The fourth-order valence-electron chi connectivity index (χ4n) is 3.04. The monoisotopic (exact) mass is 432 g/mol. The number of hydrogen-bond donors (Lipinski definition) is 3. The normalized spacial score (nSPS) is 11.2. The van der Waals surface area contributed by atoms with E-state index < -0.39 is 23.8 Å². The first-order valence-corrected chi connectivity index (χ1v) is 10.1. The van der Waals surface area contributed by atoms with E-state index >= 15 is 0 Å².